The van der Waals surface area contributed by atoms with Crippen molar-refractivity contribution in [2.75, 3.05) is 18.8 Å². The second-order valence-corrected chi connectivity index (χ2v) is 6.96. The highest BCUT2D eigenvalue weighted by Gasteiger charge is 2.44. The van der Waals surface area contributed by atoms with Gasteiger partial charge in [-0.3, -0.25) is 0 Å². The smallest absolute Gasteiger partial charge is 0.214 e. The van der Waals surface area contributed by atoms with Gasteiger partial charge in [-0.05, 0) is 31.1 Å². The predicted octanol–water partition coefficient (Wildman–Crippen LogP) is 0.561. The molecule has 1 saturated heterocycles. The van der Waals surface area contributed by atoms with Crippen LogP contribution in [0.3, 0.4) is 0 Å². The molecule has 2 rings (SSSR count). The zero-order chi connectivity index (χ0) is 11.8. The van der Waals surface area contributed by atoms with E-state index in [1.54, 1.807) is 10.4 Å². The number of sulfonamides is 1. The third-order valence-electron chi connectivity index (χ3n) is 3.85. The van der Waals surface area contributed by atoms with Gasteiger partial charge in [-0.25, -0.2) is 12.7 Å². The summed E-state index contributed by atoms with van der Waals surface area (Å²) in [6.45, 7) is 4.87. The third-order valence-corrected chi connectivity index (χ3v) is 5.69. The fraction of sp³-hybridized carbons (Fsp3) is 0.818. The molecular formula is C11H20N2O2S. The molecule has 0 aromatic heterocycles. The van der Waals surface area contributed by atoms with E-state index in [1.807, 2.05) is 0 Å². The van der Waals surface area contributed by atoms with E-state index >= 15 is 0 Å². The van der Waals surface area contributed by atoms with Crippen LogP contribution in [-0.4, -0.2) is 37.6 Å². The van der Waals surface area contributed by atoms with Crippen LogP contribution in [0.15, 0.2) is 12.7 Å². The normalized spacial score (nSPS) is 35.2. The largest absolute Gasteiger partial charge is 0.327 e. The lowest BCUT2D eigenvalue weighted by Gasteiger charge is -2.18. The molecule has 1 saturated carbocycles. The molecule has 5 heteroatoms. The van der Waals surface area contributed by atoms with E-state index in [1.165, 1.54) is 0 Å². The van der Waals surface area contributed by atoms with Crippen molar-refractivity contribution < 1.29 is 8.42 Å². The van der Waals surface area contributed by atoms with Gasteiger partial charge in [0.15, 0.2) is 0 Å². The van der Waals surface area contributed by atoms with Gasteiger partial charge in [0.2, 0.25) is 10.0 Å². The Labute approximate surface area is 97.5 Å². The first-order valence-electron chi connectivity index (χ1n) is 5.89. The quantitative estimate of drug-likeness (QED) is 0.735. The molecule has 0 amide bonds. The van der Waals surface area contributed by atoms with E-state index in [0.717, 1.165) is 12.8 Å². The maximum absolute atomic E-state index is 12.0. The van der Waals surface area contributed by atoms with Crippen molar-refractivity contribution in [3.05, 3.63) is 12.7 Å². The molecule has 4 nitrogen and oxygen atoms in total. The van der Waals surface area contributed by atoms with Gasteiger partial charge in [0.25, 0.3) is 0 Å². The van der Waals surface area contributed by atoms with E-state index in [0.29, 0.717) is 31.3 Å². The van der Waals surface area contributed by atoms with Gasteiger partial charge < -0.3 is 5.73 Å². The topological polar surface area (TPSA) is 63.4 Å². The minimum atomic E-state index is -3.08. The van der Waals surface area contributed by atoms with E-state index in [-0.39, 0.29) is 11.8 Å². The lowest BCUT2D eigenvalue weighted by Crippen LogP contribution is -2.34. The average molecular weight is 244 g/mol. The molecular weight excluding hydrogens is 224 g/mol. The SMILES string of the molecule is C=CCCS(=O)(=O)N1CC2CCC(N)C2C1. The van der Waals surface area contributed by atoms with Crippen LogP contribution in [0.25, 0.3) is 0 Å². The Morgan fingerprint density at radius 1 is 1.38 bits per heavy atom. The molecule has 16 heavy (non-hydrogen) atoms. The summed E-state index contributed by atoms with van der Waals surface area (Å²) in [5, 5.41) is 0. The summed E-state index contributed by atoms with van der Waals surface area (Å²) < 4.78 is 25.6. The molecule has 1 aliphatic heterocycles. The van der Waals surface area contributed by atoms with Crippen molar-refractivity contribution in [2.24, 2.45) is 17.6 Å². The van der Waals surface area contributed by atoms with Gasteiger partial charge >= 0.3 is 0 Å². The van der Waals surface area contributed by atoms with Gasteiger partial charge in [-0.15, -0.1) is 6.58 Å². The van der Waals surface area contributed by atoms with Crippen molar-refractivity contribution in [1.29, 1.82) is 0 Å². The van der Waals surface area contributed by atoms with E-state index in [2.05, 4.69) is 6.58 Å². The Hall–Kier alpha value is -0.390. The monoisotopic (exact) mass is 244 g/mol. The van der Waals surface area contributed by atoms with Crippen LogP contribution in [0, 0.1) is 11.8 Å². The maximum Gasteiger partial charge on any atom is 0.214 e. The molecule has 3 unspecified atom stereocenters. The summed E-state index contributed by atoms with van der Waals surface area (Å²) in [5.41, 5.74) is 5.99. The highest BCUT2D eigenvalue weighted by atomic mass is 32.2. The second-order valence-electron chi connectivity index (χ2n) is 4.88. The summed E-state index contributed by atoms with van der Waals surface area (Å²) in [6, 6.07) is 0.199. The number of hydrogen-bond donors (Lipinski definition) is 1. The van der Waals surface area contributed by atoms with Gasteiger partial charge in [-0.1, -0.05) is 6.08 Å². The van der Waals surface area contributed by atoms with Crippen molar-refractivity contribution in [2.45, 2.75) is 25.3 Å². The molecule has 0 aromatic carbocycles. The highest BCUT2D eigenvalue weighted by Crippen LogP contribution is 2.38. The zero-order valence-electron chi connectivity index (χ0n) is 9.51. The van der Waals surface area contributed by atoms with Crippen LogP contribution < -0.4 is 5.73 Å². The van der Waals surface area contributed by atoms with Crippen LogP contribution in [-0.2, 0) is 10.0 Å². The highest BCUT2D eigenvalue weighted by molar-refractivity contribution is 7.89. The summed E-state index contributed by atoms with van der Waals surface area (Å²) >= 11 is 0. The molecule has 1 heterocycles. The first-order valence-corrected chi connectivity index (χ1v) is 7.50. The Morgan fingerprint density at radius 2 is 2.12 bits per heavy atom. The number of nitrogens with two attached hydrogens (primary N) is 1. The number of fused-ring (bicyclic) bond motifs is 1. The molecule has 92 valence electrons. The van der Waals surface area contributed by atoms with Crippen LogP contribution in [0.1, 0.15) is 19.3 Å². The number of allylic oxidation sites excluding steroid dienone is 1. The lowest BCUT2D eigenvalue weighted by molar-refractivity contribution is 0.427. The van der Waals surface area contributed by atoms with Crippen molar-refractivity contribution >= 4 is 10.0 Å². The standard InChI is InChI=1S/C11H20N2O2S/c1-2-3-6-16(14,15)13-7-9-4-5-11(12)10(9)8-13/h2,9-11H,1,3-8,12H2. The lowest BCUT2D eigenvalue weighted by atomic mass is 9.98. The molecule has 2 aliphatic rings. The molecule has 2 N–H and O–H groups in total. The molecule has 1 aliphatic carbocycles. The minimum absolute atomic E-state index is 0.186. The van der Waals surface area contributed by atoms with E-state index < -0.39 is 10.0 Å². The van der Waals surface area contributed by atoms with Crippen LogP contribution in [0.5, 0.6) is 0 Å². The minimum Gasteiger partial charge on any atom is -0.327 e. The molecule has 0 spiro atoms. The number of rotatable bonds is 4. The van der Waals surface area contributed by atoms with E-state index in [4.69, 9.17) is 5.73 Å². The van der Waals surface area contributed by atoms with Crippen LogP contribution in [0.2, 0.25) is 0 Å². The first-order chi connectivity index (χ1) is 7.54. The van der Waals surface area contributed by atoms with Crippen molar-refractivity contribution in [3.8, 4) is 0 Å². The third kappa shape index (κ3) is 2.17. The molecule has 0 bridgehead atoms. The van der Waals surface area contributed by atoms with Crippen LogP contribution in [0.4, 0.5) is 0 Å². The second kappa shape index (κ2) is 4.47. The summed E-state index contributed by atoms with van der Waals surface area (Å²) in [5.74, 6) is 1.07. The predicted molar refractivity (Wildman–Crippen MR) is 64.4 cm³/mol. The Bertz CT molecular complexity index is 366. The van der Waals surface area contributed by atoms with Gasteiger partial charge in [0, 0.05) is 19.1 Å². The fourth-order valence-electron chi connectivity index (χ4n) is 2.86. The molecule has 0 aromatic rings. The zero-order valence-corrected chi connectivity index (χ0v) is 10.3. The summed E-state index contributed by atoms with van der Waals surface area (Å²) in [7, 11) is -3.08. The molecule has 3 atom stereocenters. The maximum atomic E-state index is 12.0. The van der Waals surface area contributed by atoms with Crippen molar-refractivity contribution in [1.82, 2.24) is 4.31 Å². The average Bonchev–Trinajstić information content (AvgIpc) is 2.79. The summed E-state index contributed by atoms with van der Waals surface area (Å²) in [6.07, 6.45) is 4.32. The van der Waals surface area contributed by atoms with Crippen molar-refractivity contribution in [3.63, 3.8) is 0 Å². The summed E-state index contributed by atoms with van der Waals surface area (Å²) in [4.78, 5) is 0. The van der Waals surface area contributed by atoms with Gasteiger partial charge in [0.1, 0.15) is 0 Å². The number of hydrogen-bond acceptors (Lipinski definition) is 3. The molecule has 2 fully saturated rings. The first kappa shape index (κ1) is 12.1. The Balaban J connectivity index is 2.01. The van der Waals surface area contributed by atoms with Crippen LogP contribution >= 0.6 is 0 Å². The van der Waals surface area contributed by atoms with Gasteiger partial charge in [0.05, 0.1) is 5.75 Å². The Morgan fingerprint density at radius 3 is 2.75 bits per heavy atom. The fourth-order valence-corrected chi connectivity index (χ4v) is 4.40. The molecule has 0 radical (unpaired) electrons. The Kier molecular flexibility index (Phi) is 3.37. The van der Waals surface area contributed by atoms with Gasteiger partial charge in [-0.2, -0.15) is 0 Å². The number of nitrogens with zero attached hydrogens (tertiary/aromatic N) is 1. The van der Waals surface area contributed by atoms with E-state index in [9.17, 15) is 8.42 Å².